The Bertz CT molecular complexity index is 855. The van der Waals surface area contributed by atoms with Crippen LogP contribution in [0.1, 0.15) is 15.9 Å². The van der Waals surface area contributed by atoms with Gasteiger partial charge in [0.15, 0.2) is 5.78 Å². The number of rotatable bonds is 7. The Morgan fingerprint density at radius 1 is 1.04 bits per heavy atom. The second-order valence-electron chi connectivity index (χ2n) is 5.19. The van der Waals surface area contributed by atoms with E-state index in [1.807, 2.05) is 18.2 Å². The van der Waals surface area contributed by atoms with E-state index in [0.29, 0.717) is 16.5 Å². The fraction of sp³-hybridized carbons (Fsp3) is 0.150. The molecule has 0 aliphatic rings. The number of hydrogen-bond donors (Lipinski definition) is 1. The zero-order valence-electron chi connectivity index (χ0n) is 14.7. The molecule has 1 N–H and O–H groups in total. The maximum absolute atomic E-state index is 12.4. The van der Waals surface area contributed by atoms with Crippen molar-refractivity contribution in [2.75, 3.05) is 21.3 Å². The van der Waals surface area contributed by atoms with Crippen molar-refractivity contribution >= 4 is 22.4 Å². The lowest BCUT2D eigenvalue weighted by Gasteiger charge is -2.10. The zero-order chi connectivity index (χ0) is 19.1. The molecule has 0 unspecified atom stereocenters. The van der Waals surface area contributed by atoms with Crippen LogP contribution in [0, 0.1) is 0 Å². The molecule has 2 rings (SSSR count). The number of allylic oxidation sites excluding steroid dienone is 3. The molecule has 0 aromatic heterocycles. The summed E-state index contributed by atoms with van der Waals surface area (Å²) in [5.41, 5.74) is 0.809. The van der Waals surface area contributed by atoms with E-state index >= 15 is 0 Å². The molecule has 136 valence electrons. The highest BCUT2D eigenvalue weighted by atomic mass is 35.5. The van der Waals surface area contributed by atoms with Crippen molar-refractivity contribution in [3.8, 4) is 23.0 Å². The van der Waals surface area contributed by atoms with Crippen LogP contribution in [0.15, 0.2) is 54.6 Å². The first-order chi connectivity index (χ1) is 12.5. The van der Waals surface area contributed by atoms with E-state index in [9.17, 15) is 9.90 Å². The molecule has 26 heavy (non-hydrogen) atoms. The molecule has 6 heteroatoms. The van der Waals surface area contributed by atoms with Crippen LogP contribution in [0.4, 0.5) is 0 Å². The lowest BCUT2D eigenvalue weighted by molar-refractivity contribution is 0.104. The number of phenolic OH excluding ortho intramolecular Hbond substituents is 1. The minimum absolute atomic E-state index is 0.0513. The van der Waals surface area contributed by atoms with Gasteiger partial charge in [0.05, 0.1) is 21.3 Å². The first-order valence-corrected chi connectivity index (χ1v) is 8.05. The van der Waals surface area contributed by atoms with Crippen molar-refractivity contribution in [2.24, 2.45) is 0 Å². The number of ether oxygens (including phenoxy) is 3. The summed E-state index contributed by atoms with van der Waals surface area (Å²) in [6.45, 7) is 0. The van der Waals surface area contributed by atoms with Crippen LogP contribution in [0.2, 0.25) is 0 Å². The monoisotopic (exact) mass is 374 g/mol. The number of phenols is 1. The molecule has 0 radical (unpaired) electrons. The topological polar surface area (TPSA) is 65.0 Å². The lowest BCUT2D eigenvalue weighted by Crippen LogP contribution is -2.00. The summed E-state index contributed by atoms with van der Waals surface area (Å²) in [6.07, 6.45) is 4.39. The van der Waals surface area contributed by atoms with E-state index in [4.69, 9.17) is 25.8 Å². The van der Waals surface area contributed by atoms with E-state index in [1.165, 1.54) is 38.5 Å². The Morgan fingerprint density at radius 2 is 1.77 bits per heavy atom. The third-order valence-corrected chi connectivity index (χ3v) is 3.94. The van der Waals surface area contributed by atoms with Crippen LogP contribution >= 0.6 is 11.6 Å². The molecule has 0 heterocycles. The molecule has 0 amide bonds. The van der Waals surface area contributed by atoms with E-state index < -0.39 is 5.78 Å². The number of ketones is 1. The lowest BCUT2D eigenvalue weighted by atomic mass is 10.1. The molecule has 5 nitrogen and oxygen atoms in total. The minimum Gasteiger partial charge on any atom is -0.507 e. The molecule has 2 aromatic carbocycles. The number of benzene rings is 2. The number of halogens is 1. The summed E-state index contributed by atoms with van der Waals surface area (Å²) in [4.78, 5) is 12.4. The summed E-state index contributed by atoms with van der Waals surface area (Å²) in [6, 6.07) is 10.1. The summed E-state index contributed by atoms with van der Waals surface area (Å²) in [5.74, 6) is 0.647. The van der Waals surface area contributed by atoms with Crippen molar-refractivity contribution < 1.29 is 24.1 Å². The summed E-state index contributed by atoms with van der Waals surface area (Å²) >= 11 is 6.25. The van der Waals surface area contributed by atoms with Crippen LogP contribution in [0.5, 0.6) is 23.0 Å². The predicted molar refractivity (Wildman–Crippen MR) is 102 cm³/mol. The van der Waals surface area contributed by atoms with Crippen molar-refractivity contribution in [2.45, 2.75) is 0 Å². The Labute approximate surface area is 157 Å². The largest absolute Gasteiger partial charge is 0.507 e. The van der Waals surface area contributed by atoms with Gasteiger partial charge in [0.1, 0.15) is 28.6 Å². The van der Waals surface area contributed by atoms with Crippen molar-refractivity contribution in [1.29, 1.82) is 0 Å². The maximum atomic E-state index is 12.4. The average molecular weight is 375 g/mol. The maximum Gasteiger partial charge on any atom is 0.193 e. The minimum atomic E-state index is -0.423. The fourth-order valence-electron chi connectivity index (χ4n) is 2.27. The van der Waals surface area contributed by atoms with Gasteiger partial charge in [-0.05, 0) is 29.8 Å². The SMILES string of the molecule is COc1cccc(/C(Cl)=C/C=C/C(=O)c2c(O)cc(OC)cc2OC)c1. The molecule has 0 atom stereocenters. The number of methoxy groups -OCH3 is 3. The highest BCUT2D eigenvalue weighted by Gasteiger charge is 2.17. The third kappa shape index (κ3) is 4.58. The van der Waals surface area contributed by atoms with Crippen LogP contribution in [-0.2, 0) is 0 Å². The van der Waals surface area contributed by atoms with Gasteiger partial charge in [-0.25, -0.2) is 0 Å². The van der Waals surface area contributed by atoms with E-state index in [2.05, 4.69) is 0 Å². The normalized spacial score (nSPS) is 11.5. The van der Waals surface area contributed by atoms with Gasteiger partial charge in [0.2, 0.25) is 0 Å². The van der Waals surface area contributed by atoms with E-state index in [0.717, 1.165) is 5.56 Å². The molecular formula is C20H19ClO5. The first-order valence-electron chi connectivity index (χ1n) is 7.67. The Balaban J connectivity index is 2.24. The van der Waals surface area contributed by atoms with Gasteiger partial charge in [-0.15, -0.1) is 0 Å². The first kappa shape index (κ1) is 19.4. The van der Waals surface area contributed by atoms with Gasteiger partial charge < -0.3 is 19.3 Å². The van der Waals surface area contributed by atoms with Crippen LogP contribution < -0.4 is 14.2 Å². The molecular weight excluding hydrogens is 356 g/mol. The molecule has 0 bridgehead atoms. The van der Waals surface area contributed by atoms with Gasteiger partial charge in [-0.3, -0.25) is 4.79 Å². The number of hydrogen-bond acceptors (Lipinski definition) is 5. The van der Waals surface area contributed by atoms with Gasteiger partial charge in [0, 0.05) is 17.2 Å². The summed E-state index contributed by atoms with van der Waals surface area (Å²) in [7, 11) is 4.44. The highest BCUT2D eigenvalue weighted by Crippen LogP contribution is 2.33. The molecule has 0 fully saturated rings. The Hall–Kier alpha value is -2.92. The number of carbonyl (C=O) groups is 1. The van der Waals surface area contributed by atoms with Crippen LogP contribution in [0.3, 0.4) is 0 Å². The quantitative estimate of drug-likeness (QED) is 0.441. The summed E-state index contributed by atoms with van der Waals surface area (Å²) < 4.78 is 15.4. The average Bonchev–Trinajstić information content (AvgIpc) is 2.66. The molecule has 0 saturated carbocycles. The number of aromatic hydroxyl groups is 1. The van der Waals surface area contributed by atoms with Crippen LogP contribution in [0.25, 0.3) is 5.03 Å². The third-order valence-electron chi connectivity index (χ3n) is 3.59. The zero-order valence-corrected chi connectivity index (χ0v) is 15.4. The molecule has 0 saturated heterocycles. The standard InChI is InChI=1S/C20H19ClO5/c1-24-14-7-4-6-13(10-14)16(21)8-5-9-17(22)20-18(23)11-15(25-2)12-19(20)26-3/h4-12,23H,1-3H3/b9-5+,16-8-. The second kappa shape index (κ2) is 8.97. The Morgan fingerprint density at radius 3 is 2.42 bits per heavy atom. The molecule has 0 aliphatic carbocycles. The smallest absolute Gasteiger partial charge is 0.193 e. The fourth-order valence-corrected chi connectivity index (χ4v) is 2.46. The van der Waals surface area contributed by atoms with Gasteiger partial charge in [0.25, 0.3) is 0 Å². The molecule has 0 aliphatic heterocycles. The predicted octanol–water partition coefficient (Wildman–Crippen LogP) is 4.44. The second-order valence-corrected chi connectivity index (χ2v) is 5.60. The van der Waals surface area contributed by atoms with Gasteiger partial charge in [-0.1, -0.05) is 29.8 Å². The van der Waals surface area contributed by atoms with Crippen LogP contribution in [-0.4, -0.2) is 32.2 Å². The van der Waals surface area contributed by atoms with Crippen molar-refractivity contribution in [1.82, 2.24) is 0 Å². The molecule has 2 aromatic rings. The Kier molecular flexibility index (Phi) is 6.69. The highest BCUT2D eigenvalue weighted by molar-refractivity contribution is 6.48. The van der Waals surface area contributed by atoms with E-state index in [1.54, 1.807) is 19.3 Å². The van der Waals surface area contributed by atoms with Gasteiger partial charge in [-0.2, -0.15) is 0 Å². The van der Waals surface area contributed by atoms with Crippen molar-refractivity contribution in [3.05, 3.63) is 65.8 Å². The molecule has 0 spiro atoms. The number of carbonyl (C=O) groups excluding carboxylic acids is 1. The summed E-state index contributed by atoms with van der Waals surface area (Å²) in [5, 5.41) is 10.5. The van der Waals surface area contributed by atoms with Gasteiger partial charge >= 0.3 is 0 Å². The van der Waals surface area contributed by atoms with E-state index in [-0.39, 0.29) is 17.1 Å². The van der Waals surface area contributed by atoms with Crippen molar-refractivity contribution in [3.63, 3.8) is 0 Å².